The Kier molecular flexibility index (Phi) is 26.4. The maximum atomic E-state index is 13.8. The summed E-state index contributed by atoms with van der Waals surface area (Å²) in [6.07, 6.45) is -81.5. The summed E-state index contributed by atoms with van der Waals surface area (Å²) in [5, 5.41) is 25.2. The lowest BCUT2D eigenvalue weighted by Gasteiger charge is -2.42. The number of halogens is 39. The van der Waals surface area contributed by atoms with Gasteiger partial charge in [0.2, 0.25) is 11.8 Å². The number of nitro groups is 2. The number of rotatable bonds is 4. The largest absolute Gasteiger partial charge is 0.536 e. The van der Waals surface area contributed by atoms with Gasteiger partial charge in [0.25, 0.3) is 28.2 Å². The monoisotopic (exact) mass is 1920 g/mol. The van der Waals surface area contributed by atoms with E-state index in [-0.39, 0.29) is 35.6 Å². The Labute approximate surface area is 673 Å². The van der Waals surface area contributed by atoms with Crippen LogP contribution in [-0.4, -0.2) is 113 Å². The second kappa shape index (κ2) is 32.7. The van der Waals surface area contributed by atoms with Crippen LogP contribution < -0.4 is 50.5 Å². The first-order valence-electron chi connectivity index (χ1n) is 32.1. The lowest BCUT2D eigenvalue weighted by atomic mass is 9.89. The fourth-order valence-corrected chi connectivity index (χ4v) is 10.9. The molecule has 6 aromatic rings. The highest BCUT2D eigenvalue weighted by Gasteiger charge is 2.82. The molecular weight excluding hydrogens is 1880 g/mol. The summed E-state index contributed by atoms with van der Waals surface area (Å²) in [5.74, 6) is -18.1. The number of benzene rings is 6. The van der Waals surface area contributed by atoms with Gasteiger partial charge in [-0.25, -0.2) is 0 Å². The van der Waals surface area contributed by atoms with Crippen molar-refractivity contribution in [2.24, 2.45) is 0 Å². The van der Waals surface area contributed by atoms with Gasteiger partial charge in [-0.15, -0.1) is 26.3 Å². The molecule has 0 aromatic heterocycles. The van der Waals surface area contributed by atoms with Gasteiger partial charge in [0.05, 0.1) is 32.1 Å². The fourth-order valence-electron chi connectivity index (χ4n) is 10.9. The number of fused-ring (bicyclic) bond motifs is 6. The van der Waals surface area contributed by atoms with Crippen molar-refractivity contribution in [3.63, 3.8) is 0 Å². The van der Waals surface area contributed by atoms with Crippen LogP contribution in [0.1, 0.15) is 68.0 Å². The Morgan fingerprint density at radius 1 is 0.299 bits per heavy atom. The van der Waals surface area contributed by atoms with Crippen molar-refractivity contribution in [3.05, 3.63) is 163 Å². The molecule has 0 bridgehead atoms. The zero-order chi connectivity index (χ0) is 97.8. The molecule has 0 saturated heterocycles. The Bertz CT molecular complexity index is 5110. The number of hydrogen-bond acceptors (Lipinski definition) is 20. The van der Waals surface area contributed by atoms with Gasteiger partial charge >= 0.3 is 110 Å². The van der Waals surface area contributed by atoms with Crippen LogP contribution in [0.4, 0.5) is 205 Å². The molecule has 24 nitrogen and oxygen atoms in total. The number of non-ortho nitro benzene ring substituents is 2. The van der Waals surface area contributed by atoms with Crippen molar-refractivity contribution >= 4 is 45.9 Å². The molecule has 0 aliphatic carbocycles. The standard InChI is InChI=1S/C12H7F8NO3.C12H10F5NO3.C10H3F8NO4.C10H5F8NO2.C10H6F5NO4.C10H8F5NO2/c1-5(22)21-6-2-3-8-7(4-6)9(10(13,14)15,11(16,17)18)24-12(19,20)23-8;1-6(19)18-7-3-4-9-8(5-7)11(13,14)21-10(2,20-9)12(15,16)17;11-8(12,13)7(9(14,15)16)5-3-4(19(20)21)1-2-6(5)22-10(17,18)23-7;11-8(12,13)7(9(14,15)16)5-3-4(19)1-2-6(5)20-10(17,18)21-7;1-8(10(13,14)15)19-7-3-2-5(16(17)18)4-6(7)9(11,12)20-8;1-8(10(13,14)15)17-7-3-2-5(16)4-6(7)9(11,12)18-8/h2-4H,1H3,(H,21,22);3-5H,1-2H3,(H,18,19);1-3H;1-3H,19H2;2-4H,1H3;2-4H,16H2,1H3. The molecule has 6 aromatic carbocycles. The molecule has 0 radical (unpaired) electrons. The van der Waals surface area contributed by atoms with Crippen LogP contribution in [0.5, 0.6) is 34.5 Å². The quantitative estimate of drug-likeness (QED) is 0.0551. The van der Waals surface area contributed by atoms with Crippen LogP contribution in [0.2, 0.25) is 0 Å². The van der Waals surface area contributed by atoms with Gasteiger partial charge in [0.1, 0.15) is 34.5 Å². The molecule has 0 saturated carbocycles. The third kappa shape index (κ3) is 20.6. The van der Waals surface area contributed by atoms with Crippen LogP contribution >= 0.6 is 0 Å². The summed E-state index contributed by atoms with van der Waals surface area (Å²) in [7, 11) is 0. The van der Waals surface area contributed by atoms with E-state index < -0.39 is 239 Å². The molecule has 127 heavy (non-hydrogen) atoms. The Hall–Kier alpha value is -11.5. The molecule has 12 rings (SSSR count). The third-order valence-electron chi connectivity index (χ3n) is 16.4. The number of nitrogens with two attached hydrogens (primary N) is 2. The number of anilines is 4. The first kappa shape index (κ1) is 103. The normalized spacial score (nSPS) is 22.2. The third-order valence-corrected chi connectivity index (χ3v) is 16.4. The molecule has 6 N–H and O–H groups in total. The van der Waals surface area contributed by atoms with Crippen molar-refractivity contribution in [2.75, 3.05) is 22.1 Å². The molecule has 6 heterocycles. The average molecular weight is 1920 g/mol. The number of hydrogen-bond donors (Lipinski definition) is 4. The van der Waals surface area contributed by atoms with E-state index in [1.807, 2.05) is 5.32 Å². The lowest BCUT2D eigenvalue weighted by molar-refractivity contribution is -0.495. The van der Waals surface area contributed by atoms with Gasteiger partial charge in [-0.3, -0.25) is 58.2 Å². The number of nitrogen functional groups attached to an aromatic ring is 2. The Balaban J connectivity index is 0.000000209. The first-order valence-corrected chi connectivity index (χ1v) is 32.1. The predicted octanol–water partition coefficient (Wildman–Crippen LogP) is 21.1. The number of ether oxygens (including phenoxy) is 12. The molecule has 63 heteroatoms. The van der Waals surface area contributed by atoms with E-state index in [1.165, 1.54) is 0 Å². The van der Waals surface area contributed by atoms with Gasteiger partial charge in [0, 0.05) is 92.8 Å². The molecule has 2 amide bonds. The van der Waals surface area contributed by atoms with E-state index in [0.717, 1.165) is 68.4 Å². The summed E-state index contributed by atoms with van der Waals surface area (Å²) in [6.45, 7) is 3.16. The van der Waals surface area contributed by atoms with Crippen LogP contribution in [0, 0.1) is 20.2 Å². The van der Waals surface area contributed by atoms with E-state index in [9.17, 15) is 201 Å². The van der Waals surface area contributed by atoms with E-state index >= 15 is 0 Å². The molecule has 6 aliphatic rings. The van der Waals surface area contributed by atoms with E-state index in [1.54, 1.807) is 0 Å². The van der Waals surface area contributed by atoms with Gasteiger partial charge in [-0.05, 0) is 84.9 Å². The number of nitro benzene ring substituents is 2. The van der Waals surface area contributed by atoms with Gasteiger partial charge in [0.15, 0.2) is 0 Å². The van der Waals surface area contributed by atoms with Crippen LogP contribution in [-0.2, 0) is 73.1 Å². The van der Waals surface area contributed by atoms with Crippen molar-refractivity contribution < 1.29 is 248 Å². The molecular formula is C64H39F39N6O18. The molecule has 0 fully saturated rings. The fraction of sp³-hybridized carbons (Fsp3) is 0.406. The summed E-state index contributed by atoms with van der Waals surface area (Å²) in [4.78, 5) is 40.5. The van der Waals surface area contributed by atoms with Crippen molar-refractivity contribution in [1.29, 1.82) is 0 Å². The van der Waals surface area contributed by atoms with Crippen molar-refractivity contribution in [2.45, 2.75) is 162 Å². The van der Waals surface area contributed by atoms with Gasteiger partial charge < -0.3 is 50.5 Å². The first-order chi connectivity index (χ1) is 56.7. The number of nitrogens with zero attached hydrogens (tertiary/aromatic N) is 2. The van der Waals surface area contributed by atoms with Crippen molar-refractivity contribution in [3.8, 4) is 34.5 Å². The highest BCUT2D eigenvalue weighted by molar-refractivity contribution is 5.89. The van der Waals surface area contributed by atoms with E-state index in [2.05, 4.69) is 62.2 Å². The highest BCUT2D eigenvalue weighted by Crippen LogP contribution is 2.65. The maximum absolute atomic E-state index is 13.8. The van der Waals surface area contributed by atoms with Gasteiger partial charge in [-0.1, -0.05) is 0 Å². The van der Waals surface area contributed by atoms with Gasteiger partial charge in [-0.2, -0.15) is 145 Å². The van der Waals surface area contributed by atoms with Crippen molar-refractivity contribution in [1.82, 2.24) is 0 Å². The molecule has 0 spiro atoms. The predicted molar refractivity (Wildman–Crippen MR) is 331 cm³/mol. The SMILES string of the molecule is CC(=O)Nc1ccc2c(c1)C(C(F)(F)F)(C(F)(F)F)OC(F)(F)O2.CC(=O)Nc1ccc2c(c1)C(F)(F)OC(C)(C(F)(F)F)O2.CC1(C(F)(F)F)Oc2ccc(N)cc2C(F)(F)O1.CC1(C(F)(F)F)Oc2ccc([N+](=O)[O-])cc2C(F)(F)O1.Nc1ccc2c(c1)C(C(F)(F)F)(C(F)(F)F)OC(F)(F)O2.O=[N+]([O-])c1ccc2c(c1)C(C(F)(F)F)(C(F)(F)F)OC(F)(F)O2. The van der Waals surface area contributed by atoms with Crippen LogP contribution in [0.15, 0.2) is 109 Å². The number of carbonyl (C=O) groups is 2. The van der Waals surface area contributed by atoms with E-state index in [0.29, 0.717) is 51.1 Å². The summed E-state index contributed by atoms with van der Waals surface area (Å²) >= 11 is 0. The summed E-state index contributed by atoms with van der Waals surface area (Å²) in [5.41, 5.74) is -16.9. The summed E-state index contributed by atoms with van der Waals surface area (Å²) < 4.78 is 555. The smallest absolute Gasteiger partial charge is 0.453 e. The average Bonchev–Trinajstić information content (AvgIpc) is 1.21. The summed E-state index contributed by atoms with van der Waals surface area (Å²) in [6, 6.07) is 11.1. The number of carbonyl (C=O) groups excluding carboxylic acids is 2. The molecule has 706 valence electrons. The number of nitrogens with one attached hydrogen (secondary N) is 2. The lowest BCUT2D eigenvalue weighted by Crippen LogP contribution is -2.61. The zero-order valence-corrected chi connectivity index (χ0v) is 61.0. The molecule has 3 atom stereocenters. The minimum Gasteiger partial charge on any atom is -0.453 e. The van der Waals surface area contributed by atoms with Crippen LogP contribution in [0.25, 0.3) is 0 Å². The number of amides is 2. The Morgan fingerprint density at radius 3 is 0.756 bits per heavy atom. The highest BCUT2D eigenvalue weighted by atomic mass is 19.5. The second-order valence-electron chi connectivity index (χ2n) is 25.7. The Morgan fingerprint density at radius 2 is 0.504 bits per heavy atom. The topological polar surface area (TPSA) is 307 Å². The maximum Gasteiger partial charge on any atom is 0.536 e. The number of alkyl halides is 39. The second-order valence-corrected chi connectivity index (χ2v) is 25.7. The zero-order valence-electron chi connectivity index (χ0n) is 61.0. The minimum atomic E-state index is -6.40. The molecule has 3 unspecified atom stereocenters. The van der Waals surface area contributed by atoms with Crippen LogP contribution in [0.3, 0.4) is 0 Å². The molecule has 6 aliphatic heterocycles. The minimum absolute atomic E-state index is 0.0104. The van der Waals surface area contributed by atoms with E-state index in [4.69, 9.17) is 11.5 Å².